The maximum Gasteiger partial charge on any atom is 0.173 e. The van der Waals surface area contributed by atoms with Crippen LogP contribution in [0, 0.1) is 19.8 Å². The fraction of sp³-hybridized carbons (Fsp3) is 0.562. The van der Waals surface area contributed by atoms with Gasteiger partial charge in [0.15, 0.2) is 5.11 Å². The van der Waals surface area contributed by atoms with Crippen LogP contribution in [0.1, 0.15) is 37.3 Å². The van der Waals surface area contributed by atoms with Crippen molar-refractivity contribution in [2.75, 3.05) is 18.4 Å². The predicted octanol–water partition coefficient (Wildman–Crippen LogP) is 4.12. The minimum atomic E-state index is 0.866. The fourth-order valence-corrected chi connectivity index (χ4v) is 2.58. The molecule has 1 saturated carbocycles. The highest BCUT2D eigenvalue weighted by molar-refractivity contribution is 7.80. The van der Waals surface area contributed by atoms with Crippen LogP contribution in [0.3, 0.4) is 0 Å². The summed E-state index contributed by atoms with van der Waals surface area (Å²) in [6.07, 6.45) is 3.88. The van der Waals surface area contributed by atoms with E-state index in [-0.39, 0.29) is 0 Å². The van der Waals surface area contributed by atoms with Crippen LogP contribution in [0.5, 0.6) is 0 Å². The van der Waals surface area contributed by atoms with Crippen LogP contribution in [-0.2, 0) is 0 Å². The molecule has 3 heteroatoms. The van der Waals surface area contributed by atoms with Gasteiger partial charge in [-0.15, -0.1) is 0 Å². The molecule has 1 aromatic carbocycles. The van der Waals surface area contributed by atoms with Crippen molar-refractivity contribution in [2.45, 2.75) is 40.0 Å². The molecular formula is C16H24N2S. The number of thiocarbonyl (C=S) groups is 1. The van der Waals surface area contributed by atoms with Crippen molar-refractivity contribution >= 4 is 23.0 Å². The largest absolute Gasteiger partial charge is 0.349 e. The molecule has 0 aromatic heterocycles. The van der Waals surface area contributed by atoms with E-state index in [2.05, 4.69) is 49.2 Å². The smallest absolute Gasteiger partial charge is 0.173 e. The first-order valence-electron chi connectivity index (χ1n) is 7.23. The van der Waals surface area contributed by atoms with Crippen LogP contribution >= 0.6 is 12.2 Å². The lowest BCUT2D eigenvalue weighted by Crippen LogP contribution is -2.37. The van der Waals surface area contributed by atoms with Crippen LogP contribution < -0.4 is 5.32 Å². The Hall–Kier alpha value is -1.09. The minimum absolute atomic E-state index is 0.866. The average molecular weight is 276 g/mol. The van der Waals surface area contributed by atoms with Crippen LogP contribution in [0.2, 0.25) is 0 Å². The third-order valence-electron chi connectivity index (χ3n) is 3.58. The van der Waals surface area contributed by atoms with Gasteiger partial charge in [0.1, 0.15) is 0 Å². The van der Waals surface area contributed by atoms with E-state index in [4.69, 9.17) is 12.2 Å². The first-order valence-corrected chi connectivity index (χ1v) is 7.64. The van der Waals surface area contributed by atoms with Crippen molar-refractivity contribution in [3.05, 3.63) is 29.3 Å². The second-order valence-corrected chi connectivity index (χ2v) is 6.02. The molecule has 2 rings (SSSR count). The Bertz CT molecular complexity index is 452. The van der Waals surface area contributed by atoms with E-state index in [0.717, 1.165) is 36.2 Å². The van der Waals surface area contributed by atoms with Gasteiger partial charge in [0.2, 0.25) is 0 Å². The molecule has 104 valence electrons. The molecule has 1 aromatic rings. The zero-order chi connectivity index (χ0) is 13.8. The molecule has 19 heavy (non-hydrogen) atoms. The third-order valence-corrected chi connectivity index (χ3v) is 3.94. The van der Waals surface area contributed by atoms with Gasteiger partial charge in [-0.3, -0.25) is 0 Å². The Morgan fingerprint density at radius 3 is 2.68 bits per heavy atom. The molecule has 1 fully saturated rings. The summed E-state index contributed by atoms with van der Waals surface area (Å²) in [7, 11) is 0. The highest BCUT2D eigenvalue weighted by atomic mass is 32.1. The van der Waals surface area contributed by atoms with E-state index in [1.165, 1.54) is 24.0 Å². The quantitative estimate of drug-likeness (QED) is 0.814. The number of benzene rings is 1. The summed E-state index contributed by atoms with van der Waals surface area (Å²) in [5, 5.41) is 4.29. The van der Waals surface area contributed by atoms with Crippen molar-refractivity contribution in [3.63, 3.8) is 0 Å². The van der Waals surface area contributed by atoms with E-state index in [0.29, 0.717) is 0 Å². The Morgan fingerprint density at radius 2 is 2.11 bits per heavy atom. The SMILES string of the molecule is CCCN(CC1CC1)C(=S)Nc1ccc(C)cc1C. The Labute approximate surface area is 122 Å². The summed E-state index contributed by atoms with van der Waals surface area (Å²) in [6.45, 7) is 8.62. The van der Waals surface area contributed by atoms with Gasteiger partial charge in [0.25, 0.3) is 0 Å². The molecule has 0 radical (unpaired) electrons. The second-order valence-electron chi connectivity index (χ2n) is 5.64. The zero-order valence-electron chi connectivity index (χ0n) is 12.2. The lowest BCUT2D eigenvalue weighted by molar-refractivity contribution is 0.404. The fourth-order valence-electron chi connectivity index (χ4n) is 2.31. The van der Waals surface area contributed by atoms with Gasteiger partial charge in [-0.1, -0.05) is 24.6 Å². The molecule has 0 saturated heterocycles. The van der Waals surface area contributed by atoms with Gasteiger partial charge in [0, 0.05) is 18.8 Å². The van der Waals surface area contributed by atoms with Crippen molar-refractivity contribution in [1.29, 1.82) is 0 Å². The molecule has 2 nitrogen and oxygen atoms in total. The molecule has 0 atom stereocenters. The summed E-state index contributed by atoms with van der Waals surface area (Å²) >= 11 is 5.58. The monoisotopic (exact) mass is 276 g/mol. The van der Waals surface area contributed by atoms with Gasteiger partial charge in [0.05, 0.1) is 0 Å². The molecule has 1 aliphatic carbocycles. The van der Waals surface area contributed by atoms with E-state index in [1.54, 1.807) is 0 Å². The van der Waals surface area contributed by atoms with Crippen molar-refractivity contribution in [2.24, 2.45) is 5.92 Å². The number of hydrogen-bond donors (Lipinski definition) is 1. The number of rotatable bonds is 5. The number of nitrogens with zero attached hydrogens (tertiary/aromatic N) is 1. The third kappa shape index (κ3) is 4.20. The minimum Gasteiger partial charge on any atom is -0.349 e. The lowest BCUT2D eigenvalue weighted by Gasteiger charge is -2.26. The first-order chi connectivity index (χ1) is 9.10. The Morgan fingerprint density at radius 1 is 1.37 bits per heavy atom. The first kappa shape index (κ1) is 14.3. The molecule has 0 aliphatic heterocycles. The standard InChI is InChI=1S/C16H24N2S/c1-4-9-18(11-14-6-7-14)16(19)17-15-8-5-12(2)10-13(15)3/h5,8,10,14H,4,6-7,9,11H2,1-3H3,(H,17,19). The van der Waals surface area contributed by atoms with E-state index in [1.807, 2.05) is 0 Å². The van der Waals surface area contributed by atoms with Gasteiger partial charge < -0.3 is 10.2 Å². The molecule has 0 amide bonds. The molecule has 0 unspecified atom stereocenters. The average Bonchev–Trinajstić information content (AvgIpc) is 3.16. The number of nitrogens with one attached hydrogen (secondary N) is 1. The maximum absolute atomic E-state index is 5.58. The molecule has 0 spiro atoms. The second kappa shape index (κ2) is 6.38. The highest BCUT2D eigenvalue weighted by Gasteiger charge is 2.25. The summed E-state index contributed by atoms with van der Waals surface area (Å²) < 4.78 is 0. The summed E-state index contributed by atoms with van der Waals surface area (Å²) in [5.41, 5.74) is 3.68. The summed E-state index contributed by atoms with van der Waals surface area (Å²) in [5.74, 6) is 0.866. The van der Waals surface area contributed by atoms with Crippen LogP contribution in [-0.4, -0.2) is 23.1 Å². The van der Waals surface area contributed by atoms with E-state index < -0.39 is 0 Å². The Kier molecular flexibility index (Phi) is 4.81. The van der Waals surface area contributed by atoms with Gasteiger partial charge in [-0.2, -0.15) is 0 Å². The van der Waals surface area contributed by atoms with Crippen molar-refractivity contribution in [1.82, 2.24) is 4.90 Å². The van der Waals surface area contributed by atoms with Crippen LogP contribution in [0.4, 0.5) is 5.69 Å². The lowest BCUT2D eigenvalue weighted by atomic mass is 10.1. The molecule has 1 N–H and O–H groups in total. The molecule has 1 aliphatic rings. The molecular weight excluding hydrogens is 252 g/mol. The summed E-state index contributed by atoms with van der Waals surface area (Å²) in [6, 6.07) is 6.44. The van der Waals surface area contributed by atoms with Crippen molar-refractivity contribution in [3.8, 4) is 0 Å². The van der Waals surface area contributed by atoms with E-state index >= 15 is 0 Å². The number of anilines is 1. The van der Waals surface area contributed by atoms with E-state index in [9.17, 15) is 0 Å². The molecule has 0 heterocycles. The highest BCUT2D eigenvalue weighted by Crippen LogP contribution is 2.30. The van der Waals surface area contributed by atoms with Crippen molar-refractivity contribution < 1.29 is 0 Å². The van der Waals surface area contributed by atoms with Gasteiger partial charge in [-0.05, 0) is 62.9 Å². The van der Waals surface area contributed by atoms with Crippen LogP contribution in [0.15, 0.2) is 18.2 Å². The molecule has 0 bridgehead atoms. The Balaban J connectivity index is 2.00. The predicted molar refractivity (Wildman–Crippen MR) is 86.7 cm³/mol. The normalized spacial score (nSPS) is 14.3. The zero-order valence-corrected chi connectivity index (χ0v) is 13.0. The number of aryl methyl sites for hydroxylation is 2. The van der Waals surface area contributed by atoms with Crippen LogP contribution in [0.25, 0.3) is 0 Å². The topological polar surface area (TPSA) is 15.3 Å². The number of hydrogen-bond acceptors (Lipinski definition) is 1. The maximum atomic E-state index is 5.58. The summed E-state index contributed by atoms with van der Waals surface area (Å²) in [4.78, 5) is 2.33. The van der Waals surface area contributed by atoms with Gasteiger partial charge >= 0.3 is 0 Å². The van der Waals surface area contributed by atoms with Gasteiger partial charge in [-0.25, -0.2) is 0 Å².